The molecular formula is C10H10N4O6S. The minimum atomic E-state index is -4.10. The standard InChI is InChI=1S/C10H10N4O6S/c11-12-9(15)3-4-13-10(16)7-5-6(14(17)18)1-2-8(7)21(13,19)20/h1-2,5H,3-4,11H2,(H,12,15). The molecule has 0 bridgehead atoms. The molecule has 0 spiro atoms. The van der Waals surface area contributed by atoms with E-state index in [0.717, 1.165) is 18.2 Å². The Balaban J connectivity index is 2.39. The summed E-state index contributed by atoms with van der Waals surface area (Å²) >= 11 is 0. The van der Waals surface area contributed by atoms with Crippen LogP contribution in [0.1, 0.15) is 16.8 Å². The molecule has 1 aromatic carbocycles. The van der Waals surface area contributed by atoms with Gasteiger partial charge in [-0.1, -0.05) is 0 Å². The molecule has 112 valence electrons. The van der Waals surface area contributed by atoms with Crippen molar-refractivity contribution in [1.82, 2.24) is 9.73 Å². The highest BCUT2D eigenvalue weighted by Crippen LogP contribution is 2.32. The largest absolute Gasteiger partial charge is 0.294 e. The van der Waals surface area contributed by atoms with Crippen molar-refractivity contribution >= 4 is 27.5 Å². The van der Waals surface area contributed by atoms with E-state index in [1.54, 1.807) is 0 Å². The number of hydrogen-bond acceptors (Lipinski definition) is 7. The summed E-state index contributed by atoms with van der Waals surface area (Å²) in [6, 6.07) is 2.90. The van der Waals surface area contributed by atoms with E-state index < -0.39 is 33.3 Å². The molecule has 1 heterocycles. The normalized spacial score (nSPS) is 15.7. The van der Waals surface area contributed by atoms with Gasteiger partial charge in [0.15, 0.2) is 0 Å². The minimum absolute atomic E-state index is 0.280. The van der Waals surface area contributed by atoms with E-state index in [2.05, 4.69) is 0 Å². The lowest BCUT2D eigenvalue weighted by Gasteiger charge is -2.13. The summed E-state index contributed by atoms with van der Waals surface area (Å²) in [5.74, 6) is 3.33. The highest BCUT2D eigenvalue weighted by atomic mass is 32.2. The molecule has 0 saturated carbocycles. The SMILES string of the molecule is NNC(=O)CCN1C(=O)c2cc([N+](=O)[O-])ccc2S1(=O)=O. The molecule has 1 aromatic rings. The number of hydrazine groups is 1. The fourth-order valence-electron chi connectivity index (χ4n) is 1.88. The van der Waals surface area contributed by atoms with Crippen LogP contribution in [0.2, 0.25) is 0 Å². The van der Waals surface area contributed by atoms with Crippen LogP contribution in [0.25, 0.3) is 0 Å². The van der Waals surface area contributed by atoms with E-state index in [-0.39, 0.29) is 22.6 Å². The van der Waals surface area contributed by atoms with Gasteiger partial charge >= 0.3 is 0 Å². The number of nitrogens with two attached hydrogens (primary N) is 1. The van der Waals surface area contributed by atoms with Gasteiger partial charge in [-0.05, 0) is 6.07 Å². The summed E-state index contributed by atoms with van der Waals surface area (Å²) in [5, 5.41) is 10.7. The van der Waals surface area contributed by atoms with E-state index in [4.69, 9.17) is 5.84 Å². The highest BCUT2D eigenvalue weighted by Gasteiger charge is 2.41. The van der Waals surface area contributed by atoms with Crippen molar-refractivity contribution in [2.24, 2.45) is 5.84 Å². The first-order valence-corrected chi connectivity index (χ1v) is 7.08. The van der Waals surface area contributed by atoms with Crippen LogP contribution in [-0.4, -0.2) is 36.0 Å². The second-order valence-electron chi connectivity index (χ2n) is 4.14. The third-order valence-corrected chi connectivity index (χ3v) is 4.74. The molecule has 1 aliphatic rings. The number of hydrogen-bond donors (Lipinski definition) is 2. The molecule has 0 unspecified atom stereocenters. The molecule has 0 saturated heterocycles. The number of carbonyl (C=O) groups is 2. The van der Waals surface area contributed by atoms with Crippen LogP contribution < -0.4 is 11.3 Å². The third kappa shape index (κ3) is 2.43. The number of benzene rings is 1. The number of sulfonamides is 1. The summed E-state index contributed by atoms with van der Waals surface area (Å²) in [5.41, 5.74) is 1.15. The van der Waals surface area contributed by atoms with E-state index >= 15 is 0 Å². The van der Waals surface area contributed by atoms with E-state index in [9.17, 15) is 28.1 Å². The predicted molar refractivity (Wildman–Crippen MR) is 68.3 cm³/mol. The number of rotatable bonds is 4. The van der Waals surface area contributed by atoms with Gasteiger partial charge in [-0.25, -0.2) is 18.6 Å². The van der Waals surface area contributed by atoms with Gasteiger partial charge in [-0.15, -0.1) is 0 Å². The number of fused-ring (bicyclic) bond motifs is 1. The van der Waals surface area contributed by atoms with Crippen LogP contribution >= 0.6 is 0 Å². The van der Waals surface area contributed by atoms with Crippen LogP contribution in [0.4, 0.5) is 5.69 Å². The average Bonchev–Trinajstić information content (AvgIpc) is 2.63. The third-order valence-electron chi connectivity index (χ3n) is 2.90. The second-order valence-corrected chi connectivity index (χ2v) is 5.97. The van der Waals surface area contributed by atoms with Crippen LogP contribution in [0.15, 0.2) is 23.1 Å². The zero-order chi connectivity index (χ0) is 15.8. The Labute approximate surface area is 118 Å². The van der Waals surface area contributed by atoms with Crippen LogP contribution in [0.3, 0.4) is 0 Å². The van der Waals surface area contributed by atoms with Crippen molar-refractivity contribution in [3.05, 3.63) is 33.9 Å². The number of amides is 2. The lowest BCUT2D eigenvalue weighted by molar-refractivity contribution is -0.384. The fraction of sp³-hybridized carbons (Fsp3) is 0.200. The van der Waals surface area contributed by atoms with Gasteiger partial charge in [0.1, 0.15) is 4.90 Å². The fourth-order valence-corrected chi connectivity index (χ4v) is 3.43. The van der Waals surface area contributed by atoms with Crippen LogP contribution in [-0.2, 0) is 14.8 Å². The van der Waals surface area contributed by atoms with Gasteiger partial charge in [0, 0.05) is 25.1 Å². The van der Waals surface area contributed by atoms with Crippen molar-refractivity contribution in [3.8, 4) is 0 Å². The van der Waals surface area contributed by atoms with Crippen LogP contribution in [0, 0.1) is 10.1 Å². The summed E-state index contributed by atoms with van der Waals surface area (Å²) < 4.78 is 24.8. The molecule has 0 atom stereocenters. The van der Waals surface area contributed by atoms with Crippen molar-refractivity contribution < 1.29 is 22.9 Å². The molecule has 1 aliphatic heterocycles. The molecule has 21 heavy (non-hydrogen) atoms. The lowest BCUT2D eigenvalue weighted by Crippen LogP contribution is -2.36. The maximum absolute atomic E-state index is 12.1. The molecule has 0 aromatic heterocycles. The highest BCUT2D eigenvalue weighted by molar-refractivity contribution is 7.90. The number of nitrogens with zero attached hydrogens (tertiary/aromatic N) is 2. The lowest BCUT2D eigenvalue weighted by atomic mass is 10.2. The van der Waals surface area contributed by atoms with Gasteiger partial charge in [0.05, 0.1) is 10.5 Å². The van der Waals surface area contributed by atoms with E-state index in [0.29, 0.717) is 4.31 Å². The molecule has 2 rings (SSSR count). The smallest absolute Gasteiger partial charge is 0.270 e. The predicted octanol–water partition coefficient (Wildman–Crippen LogP) is -0.881. The molecular weight excluding hydrogens is 304 g/mol. The van der Waals surface area contributed by atoms with Gasteiger partial charge in [-0.3, -0.25) is 25.1 Å². The van der Waals surface area contributed by atoms with Gasteiger partial charge < -0.3 is 0 Å². The minimum Gasteiger partial charge on any atom is -0.294 e. The van der Waals surface area contributed by atoms with Crippen molar-refractivity contribution in [2.75, 3.05) is 6.54 Å². The molecule has 0 aliphatic carbocycles. The first kappa shape index (κ1) is 14.9. The van der Waals surface area contributed by atoms with Crippen LogP contribution in [0.5, 0.6) is 0 Å². The molecule has 3 N–H and O–H groups in total. The van der Waals surface area contributed by atoms with E-state index in [1.165, 1.54) is 0 Å². The number of nitrogens with one attached hydrogen (secondary N) is 1. The van der Waals surface area contributed by atoms with Crippen molar-refractivity contribution in [2.45, 2.75) is 11.3 Å². The Bertz CT molecular complexity index is 744. The molecule has 11 heteroatoms. The first-order valence-electron chi connectivity index (χ1n) is 5.64. The zero-order valence-corrected chi connectivity index (χ0v) is 11.3. The topological polar surface area (TPSA) is 153 Å². The summed E-state index contributed by atoms with van der Waals surface area (Å²) in [6.07, 6.45) is -0.308. The van der Waals surface area contributed by atoms with Gasteiger partial charge in [0.2, 0.25) is 5.91 Å². The monoisotopic (exact) mass is 314 g/mol. The Morgan fingerprint density at radius 2 is 2.10 bits per heavy atom. The molecule has 0 radical (unpaired) electrons. The number of non-ortho nitro benzene ring substituents is 1. The summed E-state index contributed by atoms with van der Waals surface area (Å²) in [4.78, 5) is 32.7. The summed E-state index contributed by atoms with van der Waals surface area (Å²) in [7, 11) is -4.10. The molecule has 2 amide bonds. The Morgan fingerprint density at radius 3 is 2.67 bits per heavy atom. The van der Waals surface area contributed by atoms with Crippen molar-refractivity contribution in [3.63, 3.8) is 0 Å². The average molecular weight is 314 g/mol. The van der Waals surface area contributed by atoms with Crippen molar-refractivity contribution in [1.29, 1.82) is 0 Å². The zero-order valence-electron chi connectivity index (χ0n) is 10.5. The van der Waals surface area contributed by atoms with Gasteiger partial charge in [-0.2, -0.15) is 0 Å². The van der Waals surface area contributed by atoms with E-state index in [1.807, 2.05) is 5.43 Å². The maximum Gasteiger partial charge on any atom is 0.270 e. The number of carbonyl (C=O) groups excluding carboxylic acids is 2. The second kappa shape index (κ2) is 5.10. The Hall–Kier alpha value is -2.53. The van der Waals surface area contributed by atoms with Gasteiger partial charge in [0.25, 0.3) is 21.6 Å². The number of nitro groups is 1. The number of nitro benzene ring substituents is 1. The Kier molecular flexibility index (Phi) is 3.61. The first-order chi connectivity index (χ1) is 9.78. The maximum atomic E-state index is 12.1. The quantitative estimate of drug-likeness (QED) is 0.316. The Morgan fingerprint density at radius 1 is 1.43 bits per heavy atom. The summed E-state index contributed by atoms with van der Waals surface area (Å²) in [6.45, 7) is -0.396. The molecule has 10 nitrogen and oxygen atoms in total. The molecule has 0 fully saturated rings.